The van der Waals surface area contributed by atoms with Gasteiger partial charge in [0, 0.05) is 18.2 Å². The molecule has 0 saturated carbocycles. The SMILES string of the molecule is C=C(C)C(=C)COc1cc(OC)cc(OC)c1. The largest absolute Gasteiger partial charge is 0.496 e. The highest BCUT2D eigenvalue weighted by Crippen LogP contribution is 2.27. The molecule has 3 nitrogen and oxygen atoms in total. The molecule has 1 aromatic rings. The zero-order valence-electron chi connectivity index (χ0n) is 10.6. The second-order valence-electron chi connectivity index (χ2n) is 3.72. The average Bonchev–Trinajstić information content (AvgIpc) is 2.35. The van der Waals surface area contributed by atoms with E-state index in [0.717, 1.165) is 11.1 Å². The minimum Gasteiger partial charge on any atom is -0.496 e. The van der Waals surface area contributed by atoms with Gasteiger partial charge >= 0.3 is 0 Å². The number of benzene rings is 1. The van der Waals surface area contributed by atoms with Crippen molar-refractivity contribution in [3.8, 4) is 17.2 Å². The van der Waals surface area contributed by atoms with Crippen molar-refractivity contribution in [3.63, 3.8) is 0 Å². The minimum atomic E-state index is 0.408. The first-order valence-electron chi connectivity index (χ1n) is 5.26. The number of hydrogen-bond acceptors (Lipinski definition) is 3. The van der Waals surface area contributed by atoms with Crippen LogP contribution in [0.15, 0.2) is 42.5 Å². The standard InChI is InChI=1S/C14H18O3/c1-10(2)11(3)9-17-14-7-12(15-4)6-13(8-14)16-5/h6-8H,1,3,9H2,2,4-5H3. The van der Waals surface area contributed by atoms with Crippen molar-refractivity contribution in [2.75, 3.05) is 20.8 Å². The van der Waals surface area contributed by atoms with Gasteiger partial charge < -0.3 is 14.2 Å². The molecule has 1 aromatic carbocycles. The van der Waals surface area contributed by atoms with Gasteiger partial charge in [-0.05, 0) is 12.5 Å². The third kappa shape index (κ3) is 3.87. The normalized spacial score (nSPS) is 9.59. The van der Waals surface area contributed by atoms with Gasteiger partial charge in [0.05, 0.1) is 14.2 Å². The first kappa shape index (κ1) is 13.2. The van der Waals surface area contributed by atoms with Gasteiger partial charge in [-0.15, -0.1) is 0 Å². The van der Waals surface area contributed by atoms with E-state index in [1.165, 1.54) is 0 Å². The summed E-state index contributed by atoms with van der Waals surface area (Å²) in [4.78, 5) is 0. The fourth-order valence-electron chi connectivity index (χ4n) is 1.16. The molecular weight excluding hydrogens is 216 g/mol. The van der Waals surface area contributed by atoms with E-state index in [2.05, 4.69) is 13.2 Å². The lowest BCUT2D eigenvalue weighted by molar-refractivity contribution is 0.342. The van der Waals surface area contributed by atoms with Crippen LogP contribution in [0.5, 0.6) is 17.2 Å². The summed E-state index contributed by atoms with van der Waals surface area (Å²) in [6.07, 6.45) is 0. The summed E-state index contributed by atoms with van der Waals surface area (Å²) in [6.45, 7) is 9.98. The summed E-state index contributed by atoms with van der Waals surface area (Å²) in [6, 6.07) is 5.39. The Labute approximate surface area is 102 Å². The van der Waals surface area contributed by atoms with E-state index >= 15 is 0 Å². The molecule has 0 N–H and O–H groups in total. The van der Waals surface area contributed by atoms with Crippen molar-refractivity contribution in [1.29, 1.82) is 0 Å². The maximum absolute atomic E-state index is 5.59. The van der Waals surface area contributed by atoms with Crippen LogP contribution in [0.2, 0.25) is 0 Å². The van der Waals surface area contributed by atoms with Crippen molar-refractivity contribution < 1.29 is 14.2 Å². The number of rotatable bonds is 6. The fraction of sp³-hybridized carbons (Fsp3) is 0.286. The number of hydrogen-bond donors (Lipinski definition) is 0. The number of ether oxygens (including phenoxy) is 3. The third-order valence-electron chi connectivity index (χ3n) is 2.34. The Morgan fingerprint density at radius 1 is 1.00 bits per heavy atom. The van der Waals surface area contributed by atoms with Gasteiger partial charge in [0.25, 0.3) is 0 Å². The Morgan fingerprint density at radius 2 is 1.47 bits per heavy atom. The van der Waals surface area contributed by atoms with Gasteiger partial charge in [0.2, 0.25) is 0 Å². The second kappa shape index (κ2) is 5.99. The maximum atomic E-state index is 5.59. The van der Waals surface area contributed by atoms with E-state index in [1.807, 2.05) is 6.92 Å². The monoisotopic (exact) mass is 234 g/mol. The summed E-state index contributed by atoms with van der Waals surface area (Å²) in [5, 5.41) is 0. The molecule has 0 aromatic heterocycles. The molecule has 0 heterocycles. The zero-order valence-corrected chi connectivity index (χ0v) is 10.6. The molecule has 0 radical (unpaired) electrons. The van der Waals surface area contributed by atoms with Crippen LogP contribution in [0, 0.1) is 0 Å². The molecule has 0 aliphatic rings. The van der Waals surface area contributed by atoms with Gasteiger partial charge in [-0.1, -0.05) is 18.7 Å². The lowest BCUT2D eigenvalue weighted by atomic mass is 10.2. The Bertz CT molecular complexity index is 399. The summed E-state index contributed by atoms with van der Waals surface area (Å²) in [7, 11) is 3.21. The molecule has 0 aliphatic heterocycles. The minimum absolute atomic E-state index is 0.408. The van der Waals surface area contributed by atoms with E-state index in [0.29, 0.717) is 23.9 Å². The molecular formula is C14H18O3. The Kier molecular flexibility index (Phi) is 4.64. The van der Waals surface area contributed by atoms with Crippen LogP contribution in [0.25, 0.3) is 0 Å². The first-order chi connectivity index (χ1) is 8.06. The molecule has 92 valence electrons. The van der Waals surface area contributed by atoms with Crippen LogP contribution in [-0.4, -0.2) is 20.8 Å². The highest BCUT2D eigenvalue weighted by atomic mass is 16.5. The van der Waals surface area contributed by atoms with Gasteiger partial charge in [-0.3, -0.25) is 0 Å². The Morgan fingerprint density at radius 3 is 1.88 bits per heavy atom. The predicted molar refractivity (Wildman–Crippen MR) is 69.0 cm³/mol. The van der Waals surface area contributed by atoms with Crippen LogP contribution < -0.4 is 14.2 Å². The first-order valence-corrected chi connectivity index (χ1v) is 5.26. The molecule has 0 fully saturated rings. The molecule has 3 heteroatoms. The molecule has 17 heavy (non-hydrogen) atoms. The second-order valence-corrected chi connectivity index (χ2v) is 3.72. The third-order valence-corrected chi connectivity index (χ3v) is 2.34. The van der Waals surface area contributed by atoms with Crippen molar-refractivity contribution in [2.24, 2.45) is 0 Å². The summed E-state index contributed by atoms with van der Waals surface area (Å²) >= 11 is 0. The highest BCUT2D eigenvalue weighted by molar-refractivity contribution is 5.42. The molecule has 1 rings (SSSR count). The number of methoxy groups -OCH3 is 2. The van der Waals surface area contributed by atoms with E-state index in [-0.39, 0.29) is 0 Å². The van der Waals surface area contributed by atoms with Crippen molar-refractivity contribution in [3.05, 3.63) is 42.5 Å². The lowest BCUT2D eigenvalue weighted by Gasteiger charge is -2.11. The van der Waals surface area contributed by atoms with Crippen molar-refractivity contribution >= 4 is 0 Å². The maximum Gasteiger partial charge on any atom is 0.127 e. The van der Waals surface area contributed by atoms with Crippen molar-refractivity contribution in [2.45, 2.75) is 6.92 Å². The predicted octanol–water partition coefficient (Wildman–Crippen LogP) is 3.21. The summed E-state index contributed by atoms with van der Waals surface area (Å²) in [5.74, 6) is 2.07. The molecule has 0 aliphatic carbocycles. The Balaban J connectivity index is 2.76. The van der Waals surface area contributed by atoms with Crippen LogP contribution in [0.3, 0.4) is 0 Å². The smallest absolute Gasteiger partial charge is 0.127 e. The van der Waals surface area contributed by atoms with E-state index in [4.69, 9.17) is 14.2 Å². The van der Waals surface area contributed by atoms with E-state index in [9.17, 15) is 0 Å². The van der Waals surface area contributed by atoms with Crippen LogP contribution >= 0.6 is 0 Å². The van der Waals surface area contributed by atoms with Crippen molar-refractivity contribution in [1.82, 2.24) is 0 Å². The zero-order chi connectivity index (χ0) is 12.8. The topological polar surface area (TPSA) is 27.7 Å². The quantitative estimate of drug-likeness (QED) is 0.707. The molecule has 0 amide bonds. The van der Waals surface area contributed by atoms with Crippen LogP contribution in [0.1, 0.15) is 6.92 Å². The highest BCUT2D eigenvalue weighted by Gasteiger charge is 2.03. The van der Waals surface area contributed by atoms with Gasteiger partial charge in [-0.2, -0.15) is 0 Å². The summed E-state index contributed by atoms with van der Waals surface area (Å²) in [5.41, 5.74) is 1.78. The van der Waals surface area contributed by atoms with E-state index < -0.39 is 0 Å². The molecule has 0 spiro atoms. The summed E-state index contributed by atoms with van der Waals surface area (Å²) < 4.78 is 15.9. The van der Waals surface area contributed by atoms with Gasteiger partial charge in [-0.25, -0.2) is 0 Å². The molecule has 0 bridgehead atoms. The van der Waals surface area contributed by atoms with Gasteiger partial charge in [0.1, 0.15) is 23.9 Å². The van der Waals surface area contributed by atoms with E-state index in [1.54, 1.807) is 32.4 Å². The Hall–Kier alpha value is -1.90. The average molecular weight is 234 g/mol. The van der Waals surface area contributed by atoms with Crippen LogP contribution in [-0.2, 0) is 0 Å². The lowest BCUT2D eigenvalue weighted by Crippen LogP contribution is -2.01. The van der Waals surface area contributed by atoms with Crippen LogP contribution in [0.4, 0.5) is 0 Å². The fourth-order valence-corrected chi connectivity index (χ4v) is 1.16. The molecule has 0 unspecified atom stereocenters. The molecule has 0 atom stereocenters. The van der Waals surface area contributed by atoms with Gasteiger partial charge in [0.15, 0.2) is 0 Å². The molecule has 0 saturated heterocycles.